The first-order chi connectivity index (χ1) is 17.0. The molecule has 0 aliphatic carbocycles. The molecule has 0 spiro atoms. The Balaban J connectivity index is 1.56. The topological polar surface area (TPSA) is 62.7 Å². The molecule has 1 aliphatic rings. The number of ether oxygens (including phenoxy) is 1. The number of carboxylic acids is 1. The molecule has 0 amide bonds. The molecule has 3 rings (SSSR count). The highest BCUT2D eigenvalue weighted by molar-refractivity contribution is 7.99. The third-order valence-corrected chi connectivity index (χ3v) is 8.38. The molecule has 0 radical (unpaired) electrons. The molecule has 194 valence electrons. The molecule has 0 saturated carbocycles. The maximum Gasteiger partial charge on any atom is 0.303 e. The zero-order chi connectivity index (χ0) is 25.0. The molecule has 1 unspecified atom stereocenters. The van der Waals surface area contributed by atoms with Crippen LogP contribution >= 0.6 is 11.8 Å². The van der Waals surface area contributed by atoms with Crippen LogP contribution in [0.3, 0.4) is 0 Å². The van der Waals surface area contributed by atoms with E-state index in [2.05, 4.69) is 16.8 Å². The number of aromatic nitrogens is 1. The van der Waals surface area contributed by atoms with Crippen molar-refractivity contribution >= 4 is 28.6 Å². The molecule has 1 aromatic heterocycles. The highest BCUT2D eigenvalue weighted by atomic mass is 32.2. The fourth-order valence-corrected chi connectivity index (χ4v) is 6.21. The first-order valence-corrected chi connectivity index (χ1v) is 14.3. The van der Waals surface area contributed by atoms with Crippen LogP contribution in [-0.2, 0) is 4.79 Å². The molecule has 2 heterocycles. The van der Waals surface area contributed by atoms with E-state index in [9.17, 15) is 9.90 Å². The minimum Gasteiger partial charge on any atom is -0.497 e. The number of rotatable bonds is 15. The number of aliphatic carboxylic acids is 1. The third kappa shape index (κ3) is 8.64. The maximum absolute atomic E-state index is 15.5. The van der Waals surface area contributed by atoms with Gasteiger partial charge in [-0.3, -0.25) is 9.78 Å². The van der Waals surface area contributed by atoms with Gasteiger partial charge < -0.3 is 14.7 Å². The van der Waals surface area contributed by atoms with Crippen molar-refractivity contribution in [3.63, 3.8) is 0 Å². The van der Waals surface area contributed by atoms with E-state index in [1.165, 1.54) is 30.8 Å². The van der Waals surface area contributed by atoms with Crippen LogP contribution in [0, 0.1) is 11.8 Å². The van der Waals surface area contributed by atoms with Gasteiger partial charge in [-0.25, -0.2) is 4.39 Å². The number of pyridine rings is 1. The fourth-order valence-electron chi connectivity index (χ4n) is 5.18. The van der Waals surface area contributed by atoms with Crippen molar-refractivity contribution in [2.24, 2.45) is 11.8 Å². The number of benzene rings is 1. The molecule has 7 heteroatoms. The summed E-state index contributed by atoms with van der Waals surface area (Å²) in [7, 11) is 1.61. The van der Waals surface area contributed by atoms with E-state index in [0.29, 0.717) is 36.0 Å². The minimum absolute atomic E-state index is 0.190. The van der Waals surface area contributed by atoms with Crippen LogP contribution in [0.1, 0.15) is 70.0 Å². The Hall–Kier alpha value is -1.86. The highest BCUT2D eigenvalue weighted by Crippen LogP contribution is 2.36. The SMILES string of the molecule is CCCCSCCCN1CC[C@@H](CCC(F)c2ccnc3ccc(OC)cc23)[C@@H](CCC(=O)O)C1. The van der Waals surface area contributed by atoms with E-state index < -0.39 is 12.1 Å². The van der Waals surface area contributed by atoms with Gasteiger partial charge in [-0.2, -0.15) is 11.8 Å². The van der Waals surface area contributed by atoms with Gasteiger partial charge in [0.1, 0.15) is 11.9 Å². The van der Waals surface area contributed by atoms with Gasteiger partial charge in [0.25, 0.3) is 0 Å². The van der Waals surface area contributed by atoms with Crippen LogP contribution in [-0.4, -0.2) is 59.2 Å². The third-order valence-electron chi connectivity index (χ3n) is 7.22. The van der Waals surface area contributed by atoms with Gasteiger partial charge in [0.15, 0.2) is 0 Å². The van der Waals surface area contributed by atoms with Gasteiger partial charge in [0.05, 0.1) is 12.6 Å². The molecule has 35 heavy (non-hydrogen) atoms. The zero-order valence-corrected chi connectivity index (χ0v) is 22.1. The monoisotopic (exact) mass is 504 g/mol. The second kappa shape index (κ2) is 14.6. The minimum atomic E-state index is -1.08. The summed E-state index contributed by atoms with van der Waals surface area (Å²) < 4.78 is 20.8. The van der Waals surface area contributed by atoms with Gasteiger partial charge in [-0.05, 0) is 105 Å². The van der Waals surface area contributed by atoms with Crippen LogP contribution in [0.4, 0.5) is 4.39 Å². The molecule has 1 saturated heterocycles. The Morgan fingerprint density at radius 3 is 2.86 bits per heavy atom. The van der Waals surface area contributed by atoms with E-state index in [-0.39, 0.29) is 6.42 Å². The van der Waals surface area contributed by atoms with Crippen LogP contribution in [0.25, 0.3) is 10.9 Å². The number of likely N-dealkylation sites (tertiary alicyclic amines) is 1. The summed E-state index contributed by atoms with van der Waals surface area (Å²) in [5.41, 5.74) is 1.43. The predicted octanol–water partition coefficient (Wildman–Crippen LogP) is 6.76. The van der Waals surface area contributed by atoms with Gasteiger partial charge in [0, 0.05) is 24.5 Å². The number of carboxylic acid groups (broad SMARTS) is 1. The average Bonchev–Trinajstić information content (AvgIpc) is 2.87. The molecule has 5 nitrogen and oxygen atoms in total. The lowest BCUT2D eigenvalue weighted by molar-refractivity contribution is -0.137. The van der Waals surface area contributed by atoms with Crippen molar-refractivity contribution in [3.8, 4) is 5.75 Å². The van der Waals surface area contributed by atoms with Crippen LogP contribution in [0.2, 0.25) is 0 Å². The van der Waals surface area contributed by atoms with Crippen LogP contribution in [0.5, 0.6) is 5.75 Å². The molecule has 1 fully saturated rings. The Labute approximate surface area is 213 Å². The van der Waals surface area contributed by atoms with Crippen molar-refractivity contribution < 1.29 is 19.0 Å². The average molecular weight is 505 g/mol. The number of halogens is 1. The highest BCUT2D eigenvalue weighted by Gasteiger charge is 2.30. The van der Waals surface area contributed by atoms with Crippen LogP contribution in [0.15, 0.2) is 30.5 Å². The number of nitrogens with zero attached hydrogens (tertiary/aromatic N) is 2. The van der Waals surface area contributed by atoms with Gasteiger partial charge >= 0.3 is 5.97 Å². The number of alkyl halides is 1. The van der Waals surface area contributed by atoms with Crippen molar-refractivity contribution in [3.05, 3.63) is 36.0 Å². The van der Waals surface area contributed by atoms with Crippen molar-refractivity contribution in [2.75, 3.05) is 38.2 Å². The van der Waals surface area contributed by atoms with Gasteiger partial charge in [0.2, 0.25) is 0 Å². The van der Waals surface area contributed by atoms with E-state index in [1.54, 1.807) is 19.4 Å². The quantitative estimate of drug-likeness (QED) is 0.270. The second-order valence-corrected chi connectivity index (χ2v) is 10.9. The number of piperidine rings is 1. The maximum atomic E-state index is 15.5. The number of unbranched alkanes of at least 4 members (excludes halogenated alkanes) is 1. The lowest BCUT2D eigenvalue weighted by atomic mass is 9.79. The fraction of sp³-hybridized carbons (Fsp3) is 0.643. The van der Waals surface area contributed by atoms with Gasteiger partial charge in [-0.1, -0.05) is 13.3 Å². The Morgan fingerprint density at radius 2 is 2.09 bits per heavy atom. The Bertz CT molecular complexity index is 928. The number of hydrogen-bond donors (Lipinski definition) is 1. The van der Waals surface area contributed by atoms with E-state index >= 15 is 4.39 Å². The summed E-state index contributed by atoms with van der Waals surface area (Å²) >= 11 is 2.04. The molecular formula is C28H41FN2O3S. The molecule has 1 aromatic carbocycles. The molecule has 1 aliphatic heterocycles. The van der Waals surface area contributed by atoms with Crippen molar-refractivity contribution in [1.82, 2.24) is 9.88 Å². The summed E-state index contributed by atoms with van der Waals surface area (Å²) in [6.07, 6.45) is 7.41. The van der Waals surface area contributed by atoms with E-state index in [1.807, 2.05) is 30.0 Å². The van der Waals surface area contributed by atoms with E-state index in [0.717, 1.165) is 43.4 Å². The van der Waals surface area contributed by atoms with Crippen molar-refractivity contribution in [2.45, 2.75) is 64.5 Å². The summed E-state index contributed by atoms with van der Waals surface area (Å²) in [4.78, 5) is 18.1. The standard InChI is InChI=1S/C28H41FN2O3S/c1-3-4-17-35-18-5-15-31-16-13-21(22(20-31)7-11-28(32)33)6-9-26(29)24-12-14-30-27-10-8-23(34-2)19-25(24)27/h8,10,12,14,19,21-22,26H,3-7,9,11,13,15-18,20H2,1-2H3,(H,32,33)/t21-,22+,26?/m1/s1. The zero-order valence-electron chi connectivity index (χ0n) is 21.3. The number of thioether (sulfide) groups is 1. The van der Waals surface area contributed by atoms with E-state index in [4.69, 9.17) is 4.74 Å². The lowest BCUT2D eigenvalue weighted by Gasteiger charge is -2.39. The first-order valence-electron chi connectivity index (χ1n) is 13.1. The molecule has 0 bridgehead atoms. The number of fused-ring (bicyclic) bond motifs is 1. The molecule has 1 N–H and O–H groups in total. The normalized spacial score (nSPS) is 19.6. The number of methoxy groups -OCH3 is 1. The smallest absolute Gasteiger partial charge is 0.303 e. The summed E-state index contributed by atoms with van der Waals surface area (Å²) in [6, 6.07) is 7.34. The Kier molecular flexibility index (Phi) is 11.6. The van der Waals surface area contributed by atoms with Gasteiger partial charge in [-0.15, -0.1) is 0 Å². The summed E-state index contributed by atoms with van der Waals surface area (Å²) in [6.45, 7) is 5.26. The second-order valence-electron chi connectivity index (χ2n) is 9.69. The summed E-state index contributed by atoms with van der Waals surface area (Å²) in [5.74, 6) is 3.06. The Morgan fingerprint density at radius 1 is 1.26 bits per heavy atom. The number of carbonyl (C=O) groups is 1. The predicted molar refractivity (Wildman–Crippen MR) is 143 cm³/mol. The molecular weight excluding hydrogens is 463 g/mol. The number of hydrogen-bond acceptors (Lipinski definition) is 5. The largest absolute Gasteiger partial charge is 0.497 e. The lowest BCUT2D eigenvalue weighted by Crippen LogP contribution is -2.41. The first kappa shape index (κ1) is 27.7. The van der Waals surface area contributed by atoms with Crippen molar-refractivity contribution in [1.29, 1.82) is 0 Å². The molecule has 3 atom stereocenters. The van der Waals surface area contributed by atoms with Crippen LogP contribution < -0.4 is 4.74 Å². The summed E-state index contributed by atoms with van der Waals surface area (Å²) in [5, 5.41) is 10.1. The molecule has 2 aromatic rings.